The van der Waals surface area contributed by atoms with Crippen LogP contribution in [-0.4, -0.2) is 6.10 Å². The van der Waals surface area contributed by atoms with E-state index in [2.05, 4.69) is 51.1 Å². The summed E-state index contributed by atoms with van der Waals surface area (Å²) in [5.41, 5.74) is 1.32. The van der Waals surface area contributed by atoms with E-state index in [4.69, 9.17) is 4.74 Å². The Morgan fingerprint density at radius 1 is 1.12 bits per heavy atom. The summed E-state index contributed by atoms with van der Waals surface area (Å²) in [6.45, 7) is 6.56. The summed E-state index contributed by atoms with van der Waals surface area (Å²) < 4.78 is 6.09. The number of rotatable bonds is 7. The molecule has 1 nitrogen and oxygen atoms in total. The van der Waals surface area contributed by atoms with Gasteiger partial charge in [-0.3, -0.25) is 0 Å². The van der Waals surface area contributed by atoms with Crippen LogP contribution in [-0.2, 0) is 4.74 Å². The number of ether oxygens (including phenoxy) is 1. The molecule has 0 aliphatic carbocycles. The molecule has 2 atom stereocenters. The molecule has 0 saturated heterocycles. The summed E-state index contributed by atoms with van der Waals surface area (Å²) in [6.07, 6.45) is 5.29. The Balaban J connectivity index is 2.63. The standard InChI is InChI=1S/C15H24O/c1-4-6-12-15(16-13(3)5-2)14-10-8-7-9-11-14/h7-11,13,15H,4-6,12H2,1-3H3. The van der Waals surface area contributed by atoms with Crippen LogP contribution in [0.4, 0.5) is 0 Å². The van der Waals surface area contributed by atoms with Crippen LogP contribution < -0.4 is 0 Å². The predicted molar refractivity (Wildman–Crippen MR) is 69.5 cm³/mol. The Morgan fingerprint density at radius 3 is 2.38 bits per heavy atom. The first kappa shape index (κ1) is 13.2. The van der Waals surface area contributed by atoms with Crippen molar-refractivity contribution in [3.05, 3.63) is 35.9 Å². The Labute approximate surface area is 99.8 Å². The fourth-order valence-corrected chi connectivity index (χ4v) is 1.75. The molecule has 0 amide bonds. The van der Waals surface area contributed by atoms with Crippen molar-refractivity contribution in [3.8, 4) is 0 Å². The fourth-order valence-electron chi connectivity index (χ4n) is 1.75. The quantitative estimate of drug-likeness (QED) is 0.645. The van der Waals surface area contributed by atoms with E-state index in [1.807, 2.05) is 0 Å². The minimum atomic E-state index is 0.274. The van der Waals surface area contributed by atoms with Crippen LogP contribution in [0.15, 0.2) is 30.3 Å². The lowest BCUT2D eigenvalue weighted by Gasteiger charge is -2.22. The lowest BCUT2D eigenvalue weighted by atomic mass is 10.0. The van der Waals surface area contributed by atoms with Gasteiger partial charge in [-0.15, -0.1) is 0 Å². The molecule has 1 heteroatoms. The fraction of sp³-hybridized carbons (Fsp3) is 0.600. The molecule has 2 unspecified atom stereocenters. The van der Waals surface area contributed by atoms with Gasteiger partial charge in [-0.05, 0) is 25.3 Å². The third kappa shape index (κ3) is 4.36. The maximum atomic E-state index is 6.09. The van der Waals surface area contributed by atoms with Crippen LogP contribution >= 0.6 is 0 Å². The molecule has 0 radical (unpaired) electrons. The molecule has 0 heterocycles. The van der Waals surface area contributed by atoms with Crippen LogP contribution in [0.5, 0.6) is 0 Å². The Morgan fingerprint density at radius 2 is 1.81 bits per heavy atom. The van der Waals surface area contributed by atoms with Crippen LogP contribution in [0.3, 0.4) is 0 Å². The van der Waals surface area contributed by atoms with Crippen LogP contribution in [0.2, 0.25) is 0 Å². The first-order valence-corrected chi connectivity index (χ1v) is 6.48. The lowest BCUT2D eigenvalue weighted by Crippen LogP contribution is -2.13. The highest BCUT2D eigenvalue weighted by Crippen LogP contribution is 2.25. The Kier molecular flexibility index (Phi) is 6.17. The highest BCUT2D eigenvalue weighted by atomic mass is 16.5. The van der Waals surface area contributed by atoms with Crippen molar-refractivity contribution in [2.45, 2.75) is 58.7 Å². The zero-order valence-corrected chi connectivity index (χ0v) is 10.8. The maximum absolute atomic E-state index is 6.09. The maximum Gasteiger partial charge on any atom is 0.0828 e. The molecule has 0 bridgehead atoms. The zero-order valence-electron chi connectivity index (χ0n) is 10.8. The van der Waals surface area contributed by atoms with Gasteiger partial charge in [-0.25, -0.2) is 0 Å². The molecule has 1 aromatic carbocycles. The molecule has 0 aliphatic heterocycles. The predicted octanol–water partition coefficient (Wildman–Crippen LogP) is 4.73. The highest BCUT2D eigenvalue weighted by molar-refractivity contribution is 5.17. The van der Waals surface area contributed by atoms with E-state index in [1.165, 1.54) is 18.4 Å². The van der Waals surface area contributed by atoms with Gasteiger partial charge in [0.05, 0.1) is 12.2 Å². The molecular weight excluding hydrogens is 196 g/mol. The van der Waals surface area contributed by atoms with Gasteiger partial charge in [0, 0.05) is 0 Å². The van der Waals surface area contributed by atoms with Crippen LogP contribution in [0.25, 0.3) is 0 Å². The van der Waals surface area contributed by atoms with Crippen molar-refractivity contribution < 1.29 is 4.74 Å². The average Bonchev–Trinajstić information content (AvgIpc) is 2.35. The zero-order chi connectivity index (χ0) is 11.8. The van der Waals surface area contributed by atoms with Gasteiger partial charge in [0.15, 0.2) is 0 Å². The normalized spacial score (nSPS) is 14.7. The molecule has 1 aromatic rings. The van der Waals surface area contributed by atoms with E-state index in [9.17, 15) is 0 Å². The van der Waals surface area contributed by atoms with Gasteiger partial charge in [-0.1, -0.05) is 57.0 Å². The van der Waals surface area contributed by atoms with E-state index in [0.29, 0.717) is 6.10 Å². The second-order valence-corrected chi connectivity index (χ2v) is 4.40. The van der Waals surface area contributed by atoms with Crippen molar-refractivity contribution in [1.82, 2.24) is 0 Å². The first-order chi connectivity index (χ1) is 7.77. The van der Waals surface area contributed by atoms with Crippen molar-refractivity contribution in [2.24, 2.45) is 0 Å². The van der Waals surface area contributed by atoms with Gasteiger partial charge in [0.25, 0.3) is 0 Å². The monoisotopic (exact) mass is 220 g/mol. The summed E-state index contributed by atoms with van der Waals surface area (Å²) in [5.74, 6) is 0. The van der Waals surface area contributed by atoms with E-state index in [1.54, 1.807) is 0 Å². The smallest absolute Gasteiger partial charge is 0.0828 e. The van der Waals surface area contributed by atoms with Crippen LogP contribution in [0, 0.1) is 0 Å². The molecule has 90 valence electrons. The van der Waals surface area contributed by atoms with E-state index in [0.717, 1.165) is 12.8 Å². The van der Waals surface area contributed by atoms with Gasteiger partial charge in [-0.2, -0.15) is 0 Å². The highest BCUT2D eigenvalue weighted by Gasteiger charge is 2.13. The summed E-state index contributed by atoms with van der Waals surface area (Å²) in [4.78, 5) is 0. The third-order valence-electron chi connectivity index (χ3n) is 2.96. The van der Waals surface area contributed by atoms with E-state index in [-0.39, 0.29) is 6.10 Å². The number of hydrogen-bond acceptors (Lipinski definition) is 1. The van der Waals surface area contributed by atoms with Crippen molar-refractivity contribution >= 4 is 0 Å². The first-order valence-electron chi connectivity index (χ1n) is 6.48. The van der Waals surface area contributed by atoms with Crippen molar-refractivity contribution in [2.75, 3.05) is 0 Å². The second-order valence-electron chi connectivity index (χ2n) is 4.40. The van der Waals surface area contributed by atoms with Crippen LogP contribution in [0.1, 0.15) is 58.1 Å². The molecule has 0 aliphatic rings. The summed E-state index contributed by atoms with van der Waals surface area (Å²) >= 11 is 0. The molecule has 0 aromatic heterocycles. The molecule has 16 heavy (non-hydrogen) atoms. The molecule has 0 saturated carbocycles. The second kappa shape index (κ2) is 7.45. The third-order valence-corrected chi connectivity index (χ3v) is 2.96. The number of hydrogen-bond donors (Lipinski definition) is 0. The summed E-state index contributed by atoms with van der Waals surface area (Å²) in [6, 6.07) is 10.6. The van der Waals surface area contributed by atoms with Gasteiger partial charge >= 0.3 is 0 Å². The lowest BCUT2D eigenvalue weighted by molar-refractivity contribution is -0.0108. The van der Waals surface area contributed by atoms with Crippen molar-refractivity contribution in [1.29, 1.82) is 0 Å². The van der Waals surface area contributed by atoms with Crippen molar-refractivity contribution in [3.63, 3.8) is 0 Å². The minimum Gasteiger partial charge on any atom is -0.371 e. The summed E-state index contributed by atoms with van der Waals surface area (Å²) in [5, 5.41) is 0. The Bertz CT molecular complexity index is 268. The minimum absolute atomic E-state index is 0.274. The molecule has 0 fully saturated rings. The van der Waals surface area contributed by atoms with Gasteiger partial charge < -0.3 is 4.74 Å². The molecular formula is C15H24O. The summed E-state index contributed by atoms with van der Waals surface area (Å²) in [7, 11) is 0. The van der Waals surface area contributed by atoms with Gasteiger partial charge in [0.2, 0.25) is 0 Å². The van der Waals surface area contributed by atoms with E-state index < -0.39 is 0 Å². The number of unbranched alkanes of at least 4 members (excludes halogenated alkanes) is 1. The molecule has 0 N–H and O–H groups in total. The molecule has 1 rings (SSSR count). The van der Waals surface area contributed by atoms with E-state index >= 15 is 0 Å². The number of benzene rings is 1. The topological polar surface area (TPSA) is 9.23 Å². The van der Waals surface area contributed by atoms with Gasteiger partial charge in [0.1, 0.15) is 0 Å². The SMILES string of the molecule is CCCCC(OC(C)CC)c1ccccc1. The largest absolute Gasteiger partial charge is 0.371 e. The Hall–Kier alpha value is -0.820. The average molecular weight is 220 g/mol. The molecule has 0 spiro atoms.